The van der Waals surface area contributed by atoms with Crippen LogP contribution in [0.15, 0.2) is 42.6 Å². The third kappa shape index (κ3) is 4.94. The number of nitrogens with one attached hydrogen (secondary N) is 2. The van der Waals surface area contributed by atoms with Crippen molar-refractivity contribution in [2.75, 3.05) is 23.3 Å². The van der Waals surface area contributed by atoms with E-state index in [0.717, 1.165) is 30.4 Å². The fourth-order valence-corrected chi connectivity index (χ4v) is 3.56. The van der Waals surface area contributed by atoms with Crippen LogP contribution in [0.2, 0.25) is 0 Å². The third-order valence-corrected chi connectivity index (χ3v) is 5.27. The molecule has 0 saturated carbocycles. The summed E-state index contributed by atoms with van der Waals surface area (Å²) in [7, 11) is 0. The Hall–Kier alpha value is -2.14. The number of pyridine rings is 1. The summed E-state index contributed by atoms with van der Waals surface area (Å²) in [6.45, 7) is 8.82. The lowest BCUT2D eigenvalue weighted by Crippen LogP contribution is -2.33. The number of aromatic nitrogens is 1. The fourth-order valence-electron chi connectivity index (χ4n) is 3.28. The molecular formula is C21H28N4S. The van der Waals surface area contributed by atoms with Gasteiger partial charge >= 0.3 is 0 Å². The van der Waals surface area contributed by atoms with Gasteiger partial charge < -0.3 is 15.5 Å². The van der Waals surface area contributed by atoms with Crippen molar-refractivity contribution >= 4 is 28.8 Å². The van der Waals surface area contributed by atoms with Gasteiger partial charge in [-0.2, -0.15) is 0 Å². The van der Waals surface area contributed by atoms with Crippen molar-refractivity contribution in [3.8, 4) is 0 Å². The Kier molecular flexibility index (Phi) is 6.09. The Bertz CT molecular complexity index is 736. The first kappa shape index (κ1) is 18.6. The molecule has 0 aliphatic carbocycles. The number of anilines is 2. The van der Waals surface area contributed by atoms with E-state index in [0.29, 0.717) is 5.11 Å². The lowest BCUT2D eigenvalue weighted by atomic mass is 9.98. The first-order chi connectivity index (χ1) is 12.5. The number of nitrogens with zero attached hydrogens (tertiary/aromatic N) is 2. The van der Waals surface area contributed by atoms with Crippen LogP contribution in [-0.2, 0) is 0 Å². The zero-order valence-corrected chi connectivity index (χ0v) is 16.6. The summed E-state index contributed by atoms with van der Waals surface area (Å²) in [4.78, 5) is 6.77. The lowest BCUT2D eigenvalue weighted by Gasteiger charge is -2.32. The molecule has 0 amide bonds. The van der Waals surface area contributed by atoms with Gasteiger partial charge in [-0.15, -0.1) is 0 Å². The SMILES string of the molecule is Cc1ccnc(NC(=S)N[C@H](C)c2ccc(N3CCC(C)CC3)cc2)c1. The van der Waals surface area contributed by atoms with Crippen LogP contribution in [0.25, 0.3) is 0 Å². The first-order valence-electron chi connectivity index (χ1n) is 9.36. The molecule has 1 aromatic heterocycles. The molecule has 138 valence electrons. The fraction of sp³-hybridized carbons (Fsp3) is 0.429. The summed E-state index contributed by atoms with van der Waals surface area (Å²) in [6.07, 6.45) is 4.35. The van der Waals surface area contributed by atoms with Crippen molar-refractivity contribution in [3.05, 3.63) is 53.7 Å². The normalized spacial score (nSPS) is 16.2. The maximum atomic E-state index is 5.42. The van der Waals surface area contributed by atoms with E-state index in [-0.39, 0.29) is 6.04 Å². The van der Waals surface area contributed by atoms with Gasteiger partial charge in [0.05, 0.1) is 6.04 Å². The van der Waals surface area contributed by atoms with Crippen LogP contribution in [0.5, 0.6) is 0 Å². The molecular weight excluding hydrogens is 340 g/mol. The van der Waals surface area contributed by atoms with Crippen LogP contribution in [0.4, 0.5) is 11.5 Å². The van der Waals surface area contributed by atoms with E-state index in [1.54, 1.807) is 6.20 Å². The highest BCUT2D eigenvalue weighted by Gasteiger charge is 2.16. The topological polar surface area (TPSA) is 40.2 Å². The van der Waals surface area contributed by atoms with E-state index in [2.05, 4.69) is 58.6 Å². The van der Waals surface area contributed by atoms with Gasteiger partial charge in [-0.25, -0.2) is 4.98 Å². The molecule has 1 saturated heterocycles. The molecule has 26 heavy (non-hydrogen) atoms. The molecule has 1 fully saturated rings. The molecule has 0 unspecified atom stereocenters. The number of hydrogen-bond acceptors (Lipinski definition) is 3. The third-order valence-electron chi connectivity index (χ3n) is 5.05. The summed E-state index contributed by atoms with van der Waals surface area (Å²) >= 11 is 5.42. The van der Waals surface area contributed by atoms with Gasteiger partial charge in [0.15, 0.2) is 5.11 Å². The average Bonchev–Trinajstić information content (AvgIpc) is 2.62. The molecule has 5 heteroatoms. The maximum absolute atomic E-state index is 5.42. The van der Waals surface area contributed by atoms with E-state index >= 15 is 0 Å². The molecule has 1 atom stereocenters. The minimum absolute atomic E-state index is 0.134. The van der Waals surface area contributed by atoms with Crippen molar-refractivity contribution in [1.29, 1.82) is 0 Å². The van der Waals surface area contributed by atoms with Gasteiger partial charge in [0.2, 0.25) is 0 Å². The van der Waals surface area contributed by atoms with Gasteiger partial charge in [0, 0.05) is 25.0 Å². The number of hydrogen-bond donors (Lipinski definition) is 2. The molecule has 2 aromatic rings. The van der Waals surface area contributed by atoms with E-state index in [1.807, 2.05) is 19.1 Å². The van der Waals surface area contributed by atoms with Crippen LogP contribution in [0, 0.1) is 12.8 Å². The number of aryl methyl sites for hydroxylation is 1. The smallest absolute Gasteiger partial charge is 0.172 e. The highest BCUT2D eigenvalue weighted by Crippen LogP contribution is 2.24. The van der Waals surface area contributed by atoms with Crippen molar-refractivity contribution < 1.29 is 0 Å². The molecule has 0 radical (unpaired) electrons. The summed E-state index contributed by atoms with van der Waals surface area (Å²) in [5.74, 6) is 1.62. The summed E-state index contributed by atoms with van der Waals surface area (Å²) < 4.78 is 0. The van der Waals surface area contributed by atoms with Crippen LogP contribution >= 0.6 is 12.2 Å². The number of benzene rings is 1. The molecule has 2 heterocycles. The molecule has 0 bridgehead atoms. The second-order valence-electron chi connectivity index (χ2n) is 7.30. The Morgan fingerprint density at radius 2 is 1.88 bits per heavy atom. The predicted octanol–water partition coefficient (Wildman–Crippen LogP) is 4.67. The largest absolute Gasteiger partial charge is 0.372 e. The highest BCUT2D eigenvalue weighted by atomic mass is 32.1. The summed E-state index contributed by atoms with van der Waals surface area (Å²) in [5.41, 5.74) is 3.69. The lowest BCUT2D eigenvalue weighted by molar-refractivity contribution is 0.438. The number of rotatable bonds is 4. The molecule has 1 aliphatic rings. The highest BCUT2D eigenvalue weighted by molar-refractivity contribution is 7.80. The van der Waals surface area contributed by atoms with Crippen molar-refractivity contribution in [1.82, 2.24) is 10.3 Å². The minimum atomic E-state index is 0.134. The molecule has 1 aliphatic heterocycles. The van der Waals surface area contributed by atoms with Gasteiger partial charge in [0.1, 0.15) is 5.82 Å². The van der Waals surface area contributed by atoms with E-state index < -0.39 is 0 Å². The Labute approximate surface area is 162 Å². The Balaban J connectivity index is 1.56. The zero-order valence-electron chi connectivity index (χ0n) is 15.8. The quantitative estimate of drug-likeness (QED) is 0.767. The van der Waals surface area contributed by atoms with Gasteiger partial charge in [0.25, 0.3) is 0 Å². The van der Waals surface area contributed by atoms with Crippen LogP contribution in [-0.4, -0.2) is 23.2 Å². The maximum Gasteiger partial charge on any atom is 0.172 e. The van der Waals surface area contributed by atoms with Crippen molar-refractivity contribution in [3.63, 3.8) is 0 Å². The van der Waals surface area contributed by atoms with E-state index in [9.17, 15) is 0 Å². The van der Waals surface area contributed by atoms with E-state index in [4.69, 9.17) is 12.2 Å². The van der Waals surface area contributed by atoms with Crippen LogP contribution in [0.3, 0.4) is 0 Å². The predicted molar refractivity (Wildman–Crippen MR) is 114 cm³/mol. The molecule has 2 N–H and O–H groups in total. The van der Waals surface area contributed by atoms with Crippen LogP contribution < -0.4 is 15.5 Å². The summed E-state index contributed by atoms with van der Waals surface area (Å²) in [5, 5.41) is 7.07. The second kappa shape index (κ2) is 8.49. The molecule has 1 aromatic carbocycles. The van der Waals surface area contributed by atoms with Crippen molar-refractivity contribution in [2.45, 2.75) is 39.7 Å². The van der Waals surface area contributed by atoms with E-state index in [1.165, 1.54) is 24.1 Å². The second-order valence-corrected chi connectivity index (χ2v) is 7.71. The molecule has 3 rings (SSSR count). The Morgan fingerprint density at radius 1 is 1.19 bits per heavy atom. The van der Waals surface area contributed by atoms with Gasteiger partial charge in [-0.1, -0.05) is 19.1 Å². The molecule has 4 nitrogen and oxygen atoms in total. The Morgan fingerprint density at radius 3 is 2.54 bits per heavy atom. The van der Waals surface area contributed by atoms with Gasteiger partial charge in [-0.05, 0) is 80.2 Å². The average molecular weight is 369 g/mol. The monoisotopic (exact) mass is 368 g/mol. The van der Waals surface area contributed by atoms with Crippen LogP contribution in [0.1, 0.15) is 43.9 Å². The number of thiocarbonyl (C=S) groups is 1. The minimum Gasteiger partial charge on any atom is -0.372 e. The number of piperidine rings is 1. The first-order valence-corrected chi connectivity index (χ1v) is 9.77. The zero-order chi connectivity index (χ0) is 18.5. The van der Waals surface area contributed by atoms with Crippen molar-refractivity contribution in [2.24, 2.45) is 5.92 Å². The summed E-state index contributed by atoms with van der Waals surface area (Å²) in [6, 6.07) is 12.9. The van der Waals surface area contributed by atoms with Gasteiger partial charge in [-0.3, -0.25) is 0 Å². The molecule has 0 spiro atoms. The standard InChI is InChI=1S/C21H28N4S/c1-15-9-12-25(13-10-15)19-6-4-18(5-7-19)17(3)23-21(26)24-20-14-16(2)8-11-22-20/h4-8,11,14-15,17H,9-10,12-13H2,1-3H3,(H2,22,23,24,26)/t17-/m1/s1.